The fraction of sp³-hybridized carbons (Fsp3) is 0.176. The molecule has 0 saturated heterocycles. The Morgan fingerprint density at radius 2 is 1.91 bits per heavy atom. The Hall–Kier alpha value is -2.82. The van der Waals surface area contributed by atoms with Crippen LogP contribution in [0.2, 0.25) is 0 Å². The van der Waals surface area contributed by atoms with E-state index in [1.165, 1.54) is 10.5 Å². The van der Waals surface area contributed by atoms with E-state index in [9.17, 15) is 9.59 Å². The number of hydrogen-bond acceptors (Lipinski definition) is 3. The van der Waals surface area contributed by atoms with E-state index in [-0.39, 0.29) is 24.9 Å². The average Bonchev–Trinajstić information content (AvgIpc) is 2.53. The third-order valence-electron chi connectivity index (χ3n) is 3.57. The van der Waals surface area contributed by atoms with Crippen LogP contribution in [0.1, 0.15) is 5.56 Å². The number of aryl methyl sites for hydroxylation is 1. The molecule has 5 heteroatoms. The van der Waals surface area contributed by atoms with Crippen LogP contribution in [0.25, 0.3) is 0 Å². The van der Waals surface area contributed by atoms with Gasteiger partial charge in [0, 0.05) is 5.69 Å². The maximum absolute atomic E-state index is 12.4. The summed E-state index contributed by atoms with van der Waals surface area (Å²) >= 11 is 0. The molecular formula is C17H17N3O2. The van der Waals surface area contributed by atoms with E-state index >= 15 is 0 Å². The standard InChI is InChI=1S/C17H17N3O2/c1-12-6-8-13(9-7-12)18-10-17(22)20-11-16(21)19-14-4-2-3-5-15(14)20/h2-9,18H,10-11H2,1H3,(H,19,21). The molecule has 2 aromatic carbocycles. The SMILES string of the molecule is Cc1ccc(NCC(=O)N2CC(=O)Nc3ccccc32)cc1. The summed E-state index contributed by atoms with van der Waals surface area (Å²) in [7, 11) is 0. The second-order valence-corrected chi connectivity index (χ2v) is 5.26. The van der Waals surface area contributed by atoms with Crippen molar-refractivity contribution < 1.29 is 9.59 Å². The number of nitrogens with zero attached hydrogens (tertiary/aromatic N) is 1. The van der Waals surface area contributed by atoms with Crippen molar-refractivity contribution >= 4 is 28.9 Å². The summed E-state index contributed by atoms with van der Waals surface area (Å²) in [6.45, 7) is 2.20. The van der Waals surface area contributed by atoms with E-state index < -0.39 is 0 Å². The highest BCUT2D eigenvalue weighted by Crippen LogP contribution is 2.28. The number of carbonyl (C=O) groups is 2. The number of rotatable bonds is 3. The fourth-order valence-corrected chi connectivity index (χ4v) is 2.40. The summed E-state index contributed by atoms with van der Waals surface area (Å²) in [6.07, 6.45) is 0. The zero-order chi connectivity index (χ0) is 15.5. The normalized spacial score (nSPS) is 13.3. The van der Waals surface area contributed by atoms with Gasteiger partial charge in [-0.2, -0.15) is 0 Å². The molecule has 0 atom stereocenters. The van der Waals surface area contributed by atoms with Gasteiger partial charge in [0.15, 0.2) is 0 Å². The van der Waals surface area contributed by atoms with Crippen LogP contribution in [0.5, 0.6) is 0 Å². The minimum absolute atomic E-state index is 0.0470. The predicted molar refractivity (Wildman–Crippen MR) is 87.1 cm³/mol. The van der Waals surface area contributed by atoms with Crippen LogP contribution in [0.4, 0.5) is 17.1 Å². The molecule has 1 heterocycles. The Kier molecular flexibility index (Phi) is 3.78. The van der Waals surface area contributed by atoms with Gasteiger partial charge in [-0.3, -0.25) is 14.5 Å². The van der Waals surface area contributed by atoms with Crippen LogP contribution in [-0.2, 0) is 9.59 Å². The third-order valence-corrected chi connectivity index (χ3v) is 3.57. The van der Waals surface area contributed by atoms with Crippen LogP contribution in [0.15, 0.2) is 48.5 Å². The number of amides is 2. The molecule has 0 aromatic heterocycles. The lowest BCUT2D eigenvalue weighted by Gasteiger charge is -2.29. The minimum Gasteiger partial charge on any atom is -0.376 e. The summed E-state index contributed by atoms with van der Waals surface area (Å²) in [6, 6.07) is 15.1. The zero-order valence-corrected chi connectivity index (χ0v) is 12.3. The maximum Gasteiger partial charge on any atom is 0.246 e. The van der Waals surface area contributed by atoms with Crippen LogP contribution in [0, 0.1) is 6.92 Å². The van der Waals surface area contributed by atoms with Crippen molar-refractivity contribution in [2.75, 3.05) is 28.6 Å². The first-order valence-corrected chi connectivity index (χ1v) is 7.13. The van der Waals surface area contributed by atoms with Gasteiger partial charge in [0.05, 0.1) is 17.9 Å². The Bertz CT molecular complexity index is 710. The van der Waals surface area contributed by atoms with Crippen molar-refractivity contribution in [1.82, 2.24) is 0 Å². The van der Waals surface area contributed by atoms with Gasteiger partial charge in [-0.15, -0.1) is 0 Å². The molecule has 0 bridgehead atoms. The highest BCUT2D eigenvalue weighted by Gasteiger charge is 2.26. The molecule has 2 aromatic rings. The maximum atomic E-state index is 12.4. The van der Waals surface area contributed by atoms with Crippen molar-refractivity contribution in [2.45, 2.75) is 6.92 Å². The molecule has 0 spiro atoms. The van der Waals surface area contributed by atoms with Gasteiger partial charge in [-0.05, 0) is 31.2 Å². The average molecular weight is 295 g/mol. The highest BCUT2D eigenvalue weighted by molar-refractivity contribution is 6.10. The van der Waals surface area contributed by atoms with E-state index in [1.54, 1.807) is 6.07 Å². The molecule has 0 aliphatic carbocycles. The quantitative estimate of drug-likeness (QED) is 0.914. The number of anilines is 3. The van der Waals surface area contributed by atoms with Gasteiger partial charge in [-0.1, -0.05) is 29.8 Å². The summed E-state index contributed by atoms with van der Waals surface area (Å²) in [4.78, 5) is 25.7. The Morgan fingerprint density at radius 3 is 2.68 bits per heavy atom. The number of hydrogen-bond donors (Lipinski definition) is 2. The van der Waals surface area contributed by atoms with E-state index in [4.69, 9.17) is 0 Å². The van der Waals surface area contributed by atoms with Crippen LogP contribution >= 0.6 is 0 Å². The van der Waals surface area contributed by atoms with Gasteiger partial charge in [-0.25, -0.2) is 0 Å². The van der Waals surface area contributed by atoms with Crippen molar-refractivity contribution in [3.05, 3.63) is 54.1 Å². The lowest BCUT2D eigenvalue weighted by Crippen LogP contribution is -2.44. The zero-order valence-electron chi connectivity index (χ0n) is 12.3. The number of benzene rings is 2. The fourth-order valence-electron chi connectivity index (χ4n) is 2.40. The highest BCUT2D eigenvalue weighted by atomic mass is 16.2. The topological polar surface area (TPSA) is 61.4 Å². The molecule has 1 aliphatic rings. The molecule has 5 nitrogen and oxygen atoms in total. The minimum atomic E-state index is -0.178. The van der Waals surface area contributed by atoms with Crippen LogP contribution in [-0.4, -0.2) is 24.9 Å². The van der Waals surface area contributed by atoms with Crippen LogP contribution < -0.4 is 15.5 Å². The molecule has 2 amide bonds. The molecule has 0 radical (unpaired) electrons. The number of fused-ring (bicyclic) bond motifs is 1. The molecule has 0 unspecified atom stereocenters. The lowest BCUT2D eigenvalue weighted by molar-refractivity contribution is -0.120. The number of nitrogens with one attached hydrogen (secondary N) is 2. The first kappa shape index (κ1) is 14.1. The largest absolute Gasteiger partial charge is 0.376 e. The van der Waals surface area contributed by atoms with Gasteiger partial charge >= 0.3 is 0 Å². The van der Waals surface area contributed by atoms with Gasteiger partial charge in [0.2, 0.25) is 11.8 Å². The first-order valence-electron chi connectivity index (χ1n) is 7.13. The van der Waals surface area contributed by atoms with Gasteiger partial charge in [0.25, 0.3) is 0 Å². The Labute approximate surface area is 128 Å². The molecule has 22 heavy (non-hydrogen) atoms. The monoisotopic (exact) mass is 295 g/mol. The van der Waals surface area contributed by atoms with Crippen molar-refractivity contribution in [2.24, 2.45) is 0 Å². The summed E-state index contributed by atoms with van der Waals surface area (Å²) in [5, 5.41) is 5.86. The Balaban J connectivity index is 1.72. The van der Waals surface area contributed by atoms with Gasteiger partial charge in [0.1, 0.15) is 6.54 Å². The summed E-state index contributed by atoms with van der Waals surface area (Å²) in [5.41, 5.74) is 3.45. The molecule has 0 fully saturated rings. The third kappa shape index (κ3) is 2.93. The molecule has 0 saturated carbocycles. The van der Waals surface area contributed by atoms with E-state index in [0.717, 1.165) is 11.4 Å². The van der Waals surface area contributed by atoms with E-state index in [0.29, 0.717) is 5.69 Å². The smallest absolute Gasteiger partial charge is 0.246 e. The number of para-hydroxylation sites is 2. The van der Waals surface area contributed by atoms with E-state index in [1.807, 2.05) is 49.4 Å². The van der Waals surface area contributed by atoms with Gasteiger partial charge < -0.3 is 10.6 Å². The van der Waals surface area contributed by atoms with Crippen molar-refractivity contribution in [3.8, 4) is 0 Å². The second kappa shape index (κ2) is 5.89. The molecule has 3 rings (SSSR count). The molecule has 2 N–H and O–H groups in total. The van der Waals surface area contributed by atoms with Crippen molar-refractivity contribution in [3.63, 3.8) is 0 Å². The number of carbonyl (C=O) groups excluding carboxylic acids is 2. The van der Waals surface area contributed by atoms with Crippen LogP contribution in [0.3, 0.4) is 0 Å². The predicted octanol–water partition coefficient (Wildman–Crippen LogP) is 2.39. The van der Waals surface area contributed by atoms with E-state index in [2.05, 4.69) is 10.6 Å². The first-order chi connectivity index (χ1) is 10.6. The molecule has 112 valence electrons. The second-order valence-electron chi connectivity index (χ2n) is 5.26. The molecule has 1 aliphatic heterocycles. The molecular weight excluding hydrogens is 278 g/mol. The Morgan fingerprint density at radius 1 is 1.18 bits per heavy atom. The summed E-state index contributed by atoms with van der Waals surface area (Å²) < 4.78 is 0. The summed E-state index contributed by atoms with van der Waals surface area (Å²) in [5.74, 6) is -0.315. The van der Waals surface area contributed by atoms with Crippen molar-refractivity contribution in [1.29, 1.82) is 0 Å². The lowest BCUT2D eigenvalue weighted by atomic mass is 10.2.